The van der Waals surface area contributed by atoms with Gasteiger partial charge >= 0.3 is 0 Å². The van der Waals surface area contributed by atoms with Crippen molar-refractivity contribution in [3.05, 3.63) is 23.7 Å². The van der Waals surface area contributed by atoms with Crippen molar-refractivity contribution in [2.45, 2.75) is 12.8 Å². The summed E-state index contributed by atoms with van der Waals surface area (Å²) in [4.78, 5) is 45.5. The smallest absolute Gasteiger partial charge is 0.262 e. The Labute approximate surface area is 137 Å². The highest BCUT2D eigenvalue weighted by Crippen LogP contribution is 2.22. The molecule has 8 heteroatoms. The Hall–Kier alpha value is -2.35. The first kappa shape index (κ1) is 15.5. The fourth-order valence-corrected chi connectivity index (χ4v) is 3.21. The highest BCUT2D eigenvalue weighted by Gasteiger charge is 2.33. The van der Waals surface area contributed by atoms with Crippen LogP contribution in [0.2, 0.25) is 0 Å². The minimum absolute atomic E-state index is 0.0645. The molecule has 1 fully saturated rings. The molecule has 1 atom stereocenters. The van der Waals surface area contributed by atoms with Gasteiger partial charge < -0.3 is 10.2 Å². The zero-order valence-electron chi connectivity index (χ0n) is 12.3. The molecule has 1 N–H and O–H groups in total. The van der Waals surface area contributed by atoms with Crippen molar-refractivity contribution in [2.75, 3.05) is 18.4 Å². The van der Waals surface area contributed by atoms with Gasteiger partial charge in [-0.1, -0.05) is 6.08 Å². The number of nitrogens with zero attached hydrogens (tertiary/aromatic N) is 3. The molecule has 7 nitrogen and oxygen atoms in total. The number of aliphatic imine (C=N–C) groups is 1. The van der Waals surface area contributed by atoms with E-state index in [9.17, 15) is 14.4 Å². The van der Waals surface area contributed by atoms with Crippen LogP contribution in [0.3, 0.4) is 0 Å². The second kappa shape index (κ2) is 6.82. The van der Waals surface area contributed by atoms with E-state index in [0.29, 0.717) is 31.1 Å². The molecular formula is C15H16N4O3S. The van der Waals surface area contributed by atoms with E-state index in [2.05, 4.69) is 15.3 Å². The number of thiazole rings is 1. The van der Waals surface area contributed by atoms with Gasteiger partial charge in [0.15, 0.2) is 5.13 Å². The number of likely N-dealkylation sites (tertiary alicyclic amines) is 1. The molecule has 0 bridgehead atoms. The van der Waals surface area contributed by atoms with E-state index in [1.54, 1.807) is 28.6 Å². The molecule has 2 aliphatic rings. The van der Waals surface area contributed by atoms with E-state index in [0.717, 1.165) is 0 Å². The molecule has 0 spiro atoms. The average molecular weight is 332 g/mol. The number of piperidine rings is 1. The molecule has 0 saturated carbocycles. The lowest BCUT2D eigenvalue weighted by molar-refractivity contribution is -0.141. The number of nitrogens with one attached hydrogen (secondary N) is 1. The molecule has 0 aliphatic carbocycles. The van der Waals surface area contributed by atoms with E-state index in [-0.39, 0.29) is 17.7 Å². The minimum Gasteiger partial charge on any atom is -0.342 e. The highest BCUT2D eigenvalue weighted by atomic mass is 32.1. The summed E-state index contributed by atoms with van der Waals surface area (Å²) in [7, 11) is 0. The Bertz CT molecular complexity index is 660. The molecule has 1 aromatic rings. The Balaban J connectivity index is 1.53. The van der Waals surface area contributed by atoms with Gasteiger partial charge in [-0.05, 0) is 18.9 Å². The summed E-state index contributed by atoms with van der Waals surface area (Å²) in [5, 5.41) is 5.17. The number of anilines is 1. The van der Waals surface area contributed by atoms with Gasteiger partial charge in [-0.2, -0.15) is 0 Å². The monoisotopic (exact) mass is 332 g/mol. The SMILES string of the molecule is O=C(Nc1nccs1)C1CCN(C(=O)C2C=CC=NC2=O)CC1. The van der Waals surface area contributed by atoms with Crippen molar-refractivity contribution < 1.29 is 14.4 Å². The second-order valence-electron chi connectivity index (χ2n) is 5.41. The predicted molar refractivity (Wildman–Crippen MR) is 86.2 cm³/mol. The largest absolute Gasteiger partial charge is 0.342 e. The van der Waals surface area contributed by atoms with Gasteiger partial charge in [0.25, 0.3) is 5.91 Å². The van der Waals surface area contributed by atoms with E-state index in [1.165, 1.54) is 17.6 Å². The van der Waals surface area contributed by atoms with Crippen LogP contribution in [0.5, 0.6) is 0 Å². The molecule has 1 unspecified atom stereocenters. The molecule has 0 radical (unpaired) electrons. The van der Waals surface area contributed by atoms with Crippen LogP contribution < -0.4 is 5.32 Å². The van der Waals surface area contributed by atoms with Crippen LogP contribution in [0.4, 0.5) is 5.13 Å². The highest BCUT2D eigenvalue weighted by molar-refractivity contribution is 7.13. The summed E-state index contributed by atoms with van der Waals surface area (Å²) in [5.74, 6) is -1.69. The van der Waals surface area contributed by atoms with Crippen LogP contribution in [-0.2, 0) is 14.4 Å². The molecular weight excluding hydrogens is 316 g/mol. The molecule has 3 heterocycles. The quantitative estimate of drug-likeness (QED) is 0.839. The van der Waals surface area contributed by atoms with Crippen molar-refractivity contribution in [3.8, 4) is 0 Å². The maximum Gasteiger partial charge on any atom is 0.262 e. The van der Waals surface area contributed by atoms with E-state index < -0.39 is 11.8 Å². The molecule has 0 aromatic carbocycles. The lowest BCUT2D eigenvalue weighted by Gasteiger charge is -2.32. The third-order valence-electron chi connectivity index (χ3n) is 3.96. The summed E-state index contributed by atoms with van der Waals surface area (Å²) < 4.78 is 0. The van der Waals surface area contributed by atoms with Crippen molar-refractivity contribution in [2.24, 2.45) is 16.8 Å². The number of carbonyl (C=O) groups excluding carboxylic acids is 3. The molecule has 23 heavy (non-hydrogen) atoms. The number of dihydropyridines is 1. The Morgan fingerprint density at radius 2 is 2.09 bits per heavy atom. The van der Waals surface area contributed by atoms with Crippen LogP contribution >= 0.6 is 11.3 Å². The van der Waals surface area contributed by atoms with Crippen LogP contribution in [0.25, 0.3) is 0 Å². The maximum absolute atomic E-state index is 12.4. The van der Waals surface area contributed by atoms with Crippen molar-refractivity contribution in [1.29, 1.82) is 0 Å². The summed E-state index contributed by atoms with van der Waals surface area (Å²) in [6, 6.07) is 0. The first-order valence-corrected chi connectivity index (χ1v) is 8.27. The average Bonchev–Trinajstić information content (AvgIpc) is 3.08. The molecule has 120 valence electrons. The van der Waals surface area contributed by atoms with Crippen LogP contribution in [0, 0.1) is 11.8 Å². The van der Waals surface area contributed by atoms with Gasteiger partial charge in [0.1, 0.15) is 5.92 Å². The fraction of sp³-hybridized carbons (Fsp3) is 0.400. The first-order chi connectivity index (χ1) is 11.1. The molecule has 3 amide bonds. The number of amides is 3. The van der Waals surface area contributed by atoms with E-state index >= 15 is 0 Å². The molecule has 1 saturated heterocycles. The third kappa shape index (κ3) is 3.53. The molecule has 2 aliphatic heterocycles. The summed E-state index contributed by atoms with van der Waals surface area (Å²) in [6.45, 7) is 0.937. The number of hydrogen-bond donors (Lipinski definition) is 1. The van der Waals surface area contributed by atoms with Crippen molar-refractivity contribution in [1.82, 2.24) is 9.88 Å². The number of hydrogen-bond acceptors (Lipinski definition) is 5. The van der Waals surface area contributed by atoms with Gasteiger partial charge in [-0.15, -0.1) is 11.3 Å². The number of rotatable bonds is 3. The minimum atomic E-state index is -0.819. The summed E-state index contributed by atoms with van der Waals surface area (Å²) >= 11 is 1.37. The van der Waals surface area contributed by atoms with Gasteiger partial charge in [-0.25, -0.2) is 9.98 Å². The van der Waals surface area contributed by atoms with E-state index in [4.69, 9.17) is 0 Å². The molecule has 3 rings (SSSR count). The van der Waals surface area contributed by atoms with E-state index in [1.807, 2.05) is 0 Å². The number of carbonyl (C=O) groups is 3. The lowest BCUT2D eigenvalue weighted by atomic mass is 9.94. The van der Waals surface area contributed by atoms with Crippen molar-refractivity contribution >= 4 is 40.4 Å². The predicted octanol–water partition coefficient (Wildman–Crippen LogP) is 1.10. The van der Waals surface area contributed by atoms with Gasteiger partial charge in [0.05, 0.1) is 0 Å². The maximum atomic E-state index is 12.4. The number of allylic oxidation sites excluding steroid dienone is 1. The standard InChI is InChI=1S/C15H16N4O3S/c20-12(18-15-17-6-9-23-15)10-3-7-19(8-4-10)14(22)11-2-1-5-16-13(11)21/h1-2,5-6,9-11H,3-4,7-8H2,(H,17,18,20). The topological polar surface area (TPSA) is 91.7 Å². The normalized spacial score (nSPS) is 21.5. The zero-order chi connectivity index (χ0) is 16.2. The van der Waals surface area contributed by atoms with Gasteiger partial charge in [0, 0.05) is 36.8 Å². The van der Waals surface area contributed by atoms with Gasteiger partial charge in [-0.3, -0.25) is 14.4 Å². The Morgan fingerprint density at radius 3 is 2.74 bits per heavy atom. The lowest BCUT2D eigenvalue weighted by Crippen LogP contribution is -2.45. The van der Waals surface area contributed by atoms with Crippen LogP contribution in [-0.4, -0.2) is 46.9 Å². The Morgan fingerprint density at radius 1 is 1.30 bits per heavy atom. The van der Waals surface area contributed by atoms with Crippen LogP contribution in [0.1, 0.15) is 12.8 Å². The number of aromatic nitrogens is 1. The third-order valence-corrected chi connectivity index (χ3v) is 4.65. The first-order valence-electron chi connectivity index (χ1n) is 7.39. The summed E-state index contributed by atoms with van der Waals surface area (Å²) in [5.41, 5.74) is 0. The zero-order valence-corrected chi connectivity index (χ0v) is 13.2. The fourth-order valence-electron chi connectivity index (χ4n) is 2.68. The van der Waals surface area contributed by atoms with Crippen LogP contribution in [0.15, 0.2) is 28.7 Å². The van der Waals surface area contributed by atoms with Gasteiger partial charge in [0.2, 0.25) is 11.8 Å². The summed E-state index contributed by atoms with van der Waals surface area (Å²) in [6.07, 6.45) is 7.37. The van der Waals surface area contributed by atoms with Crippen molar-refractivity contribution in [3.63, 3.8) is 0 Å². The second-order valence-corrected chi connectivity index (χ2v) is 6.30. The Kier molecular flexibility index (Phi) is 4.61. The molecule has 1 aromatic heterocycles.